The van der Waals surface area contributed by atoms with Gasteiger partial charge in [0, 0.05) is 0 Å². The molecule has 0 atom stereocenters. The molecule has 0 amide bonds. The number of carboxylic acid groups (broad SMARTS) is 1. The number of rotatable bonds is 2. The van der Waals surface area contributed by atoms with Crippen molar-refractivity contribution in [2.24, 2.45) is 0 Å². The molecule has 6 heteroatoms. The van der Waals surface area contributed by atoms with Crippen LogP contribution < -0.4 is 0 Å². The van der Waals surface area contributed by atoms with E-state index in [1.54, 1.807) is 19.1 Å². The molecule has 3 aromatic rings. The van der Waals surface area contributed by atoms with Crippen LogP contribution in [0.4, 0.5) is 8.78 Å². The summed E-state index contributed by atoms with van der Waals surface area (Å²) >= 11 is 0. The first-order valence-electron chi connectivity index (χ1n) is 6.15. The van der Waals surface area contributed by atoms with Gasteiger partial charge in [0.25, 0.3) is 0 Å². The number of aromatic amines is 1. The molecule has 0 spiro atoms. The average molecular weight is 288 g/mol. The fraction of sp³-hybridized carbons (Fsp3) is 0.0667. The summed E-state index contributed by atoms with van der Waals surface area (Å²) in [5, 5.41) is 9.08. The van der Waals surface area contributed by atoms with Crippen LogP contribution in [0.15, 0.2) is 30.3 Å². The SMILES string of the molecule is Cc1ccc(-c2nc3c(C(=O)O)cc(F)cc3[nH]2)c(F)c1. The Balaban J connectivity index is 2.26. The molecule has 4 nitrogen and oxygen atoms in total. The smallest absolute Gasteiger partial charge is 0.338 e. The van der Waals surface area contributed by atoms with Gasteiger partial charge in [-0.25, -0.2) is 18.6 Å². The minimum atomic E-state index is -1.29. The summed E-state index contributed by atoms with van der Waals surface area (Å²) in [4.78, 5) is 18.0. The van der Waals surface area contributed by atoms with Crippen molar-refractivity contribution in [3.05, 3.63) is 53.1 Å². The summed E-state index contributed by atoms with van der Waals surface area (Å²) in [5.41, 5.74) is 0.999. The maximum atomic E-state index is 14.0. The highest BCUT2D eigenvalue weighted by atomic mass is 19.1. The second-order valence-electron chi connectivity index (χ2n) is 4.72. The van der Waals surface area contributed by atoms with Crippen LogP contribution in [0.1, 0.15) is 15.9 Å². The molecule has 21 heavy (non-hydrogen) atoms. The number of nitrogens with one attached hydrogen (secondary N) is 1. The fourth-order valence-corrected chi connectivity index (χ4v) is 2.19. The molecule has 0 unspecified atom stereocenters. The first kappa shape index (κ1) is 13.2. The number of fused-ring (bicyclic) bond motifs is 1. The molecule has 0 fully saturated rings. The third-order valence-corrected chi connectivity index (χ3v) is 3.16. The molecule has 0 aliphatic carbocycles. The summed E-state index contributed by atoms with van der Waals surface area (Å²) in [5.74, 6) is -2.30. The molecule has 0 aliphatic heterocycles. The number of hydrogen-bond acceptors (Lipinski definition) is 2. The summed E-state index contributed by atoms with van der Waals surface area (Å²) in [6.07, 6.45) is 0. The number of H-pyrrole nitrogens is 1. The van der Waals surface area contributed by atoms with Gasteiger partial charge in [-0.05, 0) is 36.8 Å². The molecule has 1 aromatic heterocycles. The molecular weight excluding hydrogens is 278 g/mol. The van der Waals surface area contributed by atoms with E-state index in [4.69, 9.17) is 5.11 Å². The van der Waals surface area contributed by atoms with Gasteiger partial charge in [-0.3, -0.25) is 0 Å². The van der Waals surface area contributed by atoms with Crippen LogP contribution >= 0.6 is 0 Å². The number of nitrogens with zero attached hydrogens (tertiary/aromatic N) is 1. The molecule has 3 rings (SSSR count). The molecule has 0 saturated carbocycles. The van der Waals surface area contributed by atoms with Gasteiger partial charge in [-0.1, -0.05) is 6.07 Å². The van der Waals surface area contributed by atoms with E-state index in [0.717, 1.165) is 17.7 Å². The Morgan fingerprint density at radius 2 is 2.00 bits per heavy atom. The molecule has 1 heterocycles. The molecule has 2 aromatic carbocycles. The van der Waals surface area contributed by atoms with Gasteiger partial charge in [0.2, 0.25) is 0 Å². The Bertz CT molecular complexity index is 871. The van der Waals surface area contributed by atoms with E-state index in [1.807, 2.05) is 0 Å². The summed E-state index contributed by atoms with van der Waals surface area (Å²) < 4.78 is 27.4. The lowest BCUT2D eigenvalue weighted by molar-refractivity contribution is 0.0698. The third-order valence-electron chi connectivity index (χ3n) is 3.16. The van der Waals surface area contributed by atoms with Crippen LogP contribution in [-0.4, -0.2) is 21.0 Å². The zero-order chi connectivity index (χ0) is 15.1. The number of imidazole rings is 1. The largest absolute Gasteiger partial charge is 0.478 e. The number of hydrogen-bond donors (Lipinski definition) is 2. The predicted molar refractivity (Wildman–Crippen MR) is 73.1 cm³/mol. The molecule has 106 valence electrons. The highest BCUT2D eigenvalue weighted by Crippen LogP contribution is 2.26. The van der Waals surface area contributed by atoms with Crippen molar-refractivity contribution in [1.82, 2.24) is 9.97 Å². The van der Waals surface area contributed by atoms with Crippen LogP contribution in [0.2, 0.25) is 0 Å². The maximum Gasteiger partial charge on any atom is 0.338 e. The number of aryl methyl sites for hydroxylation is 1. The summed E-state index contributed by atoms with van der Waals surface area (Å²) in [6, 6.07) is 6.62. The molecule has 0 aliphatic rings. The number of carbonyl (C=O) groups is 1. The van der Waals surface area contributed by atoms with Crippen molar-refractivity contribution in [3.8, 4) is 11.4 Å². The standard InChI is InChI=1S/C15H10F2N2O2/c1-7-2-3-9(11(17)4-7)14-18-12-6-8(16)5-10(15(20)21)13(12)19-14/h2-6H,1H3,(H,18,19)(H,20,21). The lowest BCUT2D eigenvalue weighted by Crippen LogP contribution is -1.98. The second-order valence-corrected chi connectivity index (χ2v) is 4.72. The molecule has 0 saturated heterocycles. The van der Waals surface area contributed by atoms with Crippen molar-refractivity contribution in [3.63, 3.8) is 0 Å². The van der Waals surface area contributed by atoms with Crippen molar-refractivity contribution in [2.75, 3.05) is 0 Å². The number of benzene rings is 2. The normalized spacial score (nSPS) is 11.0. The van der Waals surface area contributed by atoms with Crippen LogP contribution in [-0.2, 0) is 0 Å². The van der Waals surface area contributed by atoms with E-state index >= 15 is 0 Å². The van der Waals surface area contributed by atoms with Crippen LogP contribution in [0, 0.1) is 18.6 Å². The minimum Gasteiger partial charge on any atom is -0.478 e. The van der Waals surface area contributed by atoms with Gasteiger partial charge < -0.3 is 10.1 Å². The van der Waals surface area contributed by atoms with Crippen LogP contribution in [0.3, 0.4) is 0 Å². The monoisotopic (exact) mass is 288 g/mol. The van der Waals surface area contributed by atoms with E-state index in [9.17, 15) is 13.6 Å². The van der Waals surface area contributed by atoms with Crippen molar-refractivity contribution >= 4 is 17.0 Å². The van der Waals surface area contributed by atoms with Gasteiger partial charge in [0.05, 0.1) is 16.6 Å². The lowest BCUT2D eigenvalue weighted by atomic mass is 10.1. The van der Waals surface area contributed by atoms with E-state index in [-0.39, 0.29) is 28.0 Å². The van der Waals surface area contributed by atoms with E-state index in [0.29, 0.717) is 0 Å². The van der Waals surface area contributed by atoms with Crippen LogP contribution in [0.5, 0.6) is 0 Å². The first-order valence-corrected chi connectivity index (χ1v) is 6.15. The number of aromatic carboxylic acids is 1. The Hall–Kier alpha value is -2.76. The lowest BCUT2D eigenvalue weighted by Gasteiger charge is -2.00. The maximum absolute atomic E-state index is 14.0. The van der Waals surface area contributed by atoms with Crippen molar-refractivity contribution in [2.45, 2.75) is 6.92 Å². The second kappa shape index (κ2) is 4.66. The highest BCUT2D eigenvalue weighted by molar-refractivity contribution is 6.01. The number of aromatic nitrogens is 2. The number of halogens is 2. The van der Waals surface area contributed by atoms with Gasteiger partial charge in [0.15, 0.2) is 0 Å². The molecule has 0 bridgehead atoms. The summed E-state index contributed by atoms with van der Waals surface area (Å²) in [6.45, 7) is 1.75. The Morgan fingerprint density at radius 1 is 1.24 bits per heavy atom. The summed E-state index contributed by atoms with van der Waals surface area (Å²) in [7, 11) is 0. The average Bonchev–Trinajstić information content (AvgIpc) is 2.80. The minimum absolute atomic E-state index is 0.0962. The van der Waals surface area contributed by atoms with E-state index in [1.165, 1.54) is 6.07 Å². The first-order chi connectivity index (χ1) is 9.95. The predicted octanol–water partition coefficient (Wildman–Crippen LogP) is 3.51. The number of carboxylic acids is 1. The molecule has 0 radical (unpaired) electrons. The Labute approximate surface area is 118 Å². The quantitative estimate of drug-likeness (QED) is 0.758. The Morgan fingerprint density at radius 3 is 2.67 bits per heavy atom. The van der Waals surface area contributed by atoms with Crippen molar-refractivity contribution in [1.29, 1.82) is 0 Å². The van der Waals surface area contributed by atoms with Gasteiger partial charge in [0.1, 0.15) is 23.0 Å². The van der Waals surface area contributed by atoms with E-state index < -0.39 is 17.6 Å². The van der Waals surface area contributed by atoms with Crippen molar-refractivity contribution < 1.29 is 18.7 Å². The van der Waals surface area contributed by atoms with E-state index in [2.05, 4.69) is 9.97 Å². The fourth-order valence-electron chi connectivity index (χ4n) is 2.19. The zero-order valence-corrected chi connectivity index (χ0v) is 10.9. The third kappa shape index (κ3) is 2.24. The van der Waals surface area contributed by atoms with Gasteiger partial charge in [-0.15, -0.1) is 0 Å². The topological polar surface area (TPSA) is 66.0 Å². The van der Waals surface area contributed by atoms with Crippen LogP contribution in [0.25, 0.3) is 22.4 Å². The van der Waals surface area contributed by atoms with Gasteiger partial charge >= 0.3 is 5.97 Å². The van der Waals surface area contributed by atoms with Gasteiger partial charge in [-0.2, -0.15) is 0 Å². The molecular formula is C15H10F2N2O2. The highest BCUT2D eigenvalue weighted by Gasteiger charge is 2.17. The molecule has 2 N–H and O–H groups in total. The Kier molecular flexibility index (Phi) is 2.94. The zero-order valence-electron chi connectivity index (χ0n) is 10.9.